The Morgan fingerprint density at radius 3 is 2.40 bits per heavy atom. The zero-order valence-corrected chi connectivity index (χ0v) is 12.8. The van der Waals surface area contributed by atoms with Crippen LogP contribution in [0.5, 0.6) is 5.75 Å². The normalized spacial score (nSPS) is 12.4. The van der Waals surface area contributed by atoms with Crippen molar-refractivity contribution in [1.82, 2.24) is 0 Å². The van der Waals surface area contributed by atoms with Crippen LogP contribution < -0.4 is 10.5 Å². The van der Waals surface area contributed by atoms with Crippen molar-refractivity contribution in [2.45, 2.75) is 64.8 Å². The molecule has 0 amide bonds. The predicted octanol–water partition coefficient (Wildman–Crippen LogP) is 4.97. The third-order valence-electron chi connectivity index (χ3n) is 3.47. The Morgan fingerprint density at radius 1 is 1.10 bits per heavy atom. The van der Waals surface area contributed by atoms with Gasteiger partial charge < -0.3 is 10.5 Å². The van der Waals surface area contributed by atoms with E-state index in [9.17, 15) is 4.39 Å². The summed E-state index contributed by atoms with van der Waals surface area (Å²) in [6.45, 7) is 4.74. The van der Waals surface area contributed by atoms with Gasteiger partial charge in [-0.05, 0) is 19.4 Å². The van der Waals surface area contributed by atoms with E-state index in [1.54, 1.807) is 6.07 Å². The molecule has 0 aliphatic carbocycles. The van der Waals surface area contributed by atoms with Crippen molar-refractivity contribution in [2.75, 3.05) is 6.61 Å². The molecule has 3 heteroatoms. The van der Waals surface area contributed by atoms with Crippen molar-refractivity contribution in [3.8, 4) is 5.75 Å². The smallest absolute Gasteiger partial charge is 0.126 e. The average molecular weight is 281 g/mol. The second-order valence-corrected chi connectivity index (χ2v) is 5.44. The summed E-state index contributed by atoms with van der Waals surface area (Å²) in [5, 5.41) is 0. The molecule has 0 radical (unpaired) electrons. The largest absolute Gasteiger partial charge is 0.493 e. The predicted molar refractivity (Wildman–Crippen MR) is 82.5 cm³/mol. The number of hydrogen-bond donors (Lipinski definition) is 1. The zero-order valence-electron chi connectivity index (χ0n) is 12.8. The maximum absolute atomic E-state index is 13.2. The van der Waals surface area contributed by atoms with Crippen LogP contribution in [-0.4, -0.2) is 6.61 Å². The molecular weight excluding hydrogens is 253 g/mol. The number of halogens is 1. The van der Waals surface area contributed by atoms with Crippen LogP contribution in [0.2, 0.25) is 0 Å². The fourth-order valence-electron chi connectivity index (χ4n) is 2.25. The minimum Gasteiger partial charge on any atom is -0.493 e. The van der Waals surface area contributed by atoms with Gasteiger partial charge in [0.15, 0.2) is 0 Å². The van der Waals surface area contributed by atoms with Gasteiger partial charge in [0.1, 0.15) is 11.6 Å². The molecule has 0 aliphatic heterocycles. The molecule has 0 aromatic heterocycles. The van der Waals surface area contributed by atoms with Gasteiger partial charge in [-0.3, -0.25) is 0 Å². The first-order valence-electron chi connectivity index (χ1n) is 7.83. The molecule has 1 unspecified atom stereocenters. The van der Waals surface area contributed by atoms with E-state index in [2.05, 4.69) is 6.92 Å². The van der Waals surface area contributed by atoms with Gasteiger partial charge in [0.25, 0.3) is 0 Å². The molecule has 2 N–H and O–H groups in total. The summed E-state index contributed by atoms with van der Waals surface area (Å²) in [5.41, 5.74) is 6.73. The van der Waals surface area contributed by atoms with Gasteiger partial charge in [0.05, 0.1) is 6.61 Å². The molecular formula is C17H28FNO. The van der Waals surface area contributed by atoms with E-state index in [-0.39, 0.29) is 11.9 Å². The summed E-state index contributed by atoms with van der Waals surface area (Å²) in [5.74, 6) is 0.315. The first kappa shape index (κ1) is 17.0. The highest BCUT2D eigenvalue weighted by Crippen LogP contribution is 2.25. The SMILES string of the molecule is CCCCCCCCCOc1cc(F)ccc1C(C)N. The molecule has 20 heavy (non-hydrogen) atoms. The summed E-state index contributed by atoms with van der Waals surface area (Å²) in [6, 6.07) is 4.43. The van der Waals surface area contributed by atoms with E-state index in [1.807, 2.05) is 6.92 Å². The van der Waals surface area contributed by atoms with E-state index < -0.39 is 0 Å². The molecule has 0 bridgehead atoms. The Labute approximate surface area is 122 Å². The topological polar surface area (TPSA) is 35.2 Å². The van der Waals surface area contributed by atoms with E-state index in [4.69, 9.17) is 10.5 Å². The second-order valence-electron chi connectivity index (χ2n) is 5.44. The van der Waals surface area contributed by atoms with Gasteiger partial charge in [0.2, 0.25) is 0 Å². The summed E-state index contributed by atoms with van der Waals surface area (Å²) < 4.78 is 18.9. The van der Waals surface area contributed by atoms with Crippen molar-refractivity contribution in [3.05, 3.63) is 29.6 Å². The Bertz CT molecular complexity index is 379. The molecule has 114 valence electrons. The Balaban J connectivity index is 2.26. The van der Waals surface area contributed by atoms with E-state index in [1.165, 1.54) is 50.7 Å². The first-order chi connectivity index (χ1) is 9.65. The quantitative estimate of drug-likeness (QED) is 0.614. The molecule has 0 saturated carbocycles. The molecule has 0 spiro atoms. The van der Waals surface area contributed by atoms with Crippen molar-refractivity contribution in [3.63, 3.8) is 0 Å². The molecule has 1 aromatic rings. The van der Waals surface area contributed by atoms with Crippen LogP contribution in [0, 0.1) is 5.82 Å². The van der Waals surface area contributed by atoms with Crippen LogP contribution in [0.25, 0.3) is 0 Å². The lowest BCUT2D eigenvalue weighted by molar-refractivity contribution is 0.298. The lowest BCUT2D eigenvalue weighted by atomic mass is 10.1. The van der Waals surface area contributed by atoms with Gasteiger partial charge >= 0.3 is 0 Å². The summed E-state index contributed by atoms with van der Waals surface area (Å²) >= 11 is 0. The third kappa shape index (κ3) is 6.38. The van der Waals surface area contributed by atoms with Gasteiger partial charge in [-0.1, -0.05) is 51.5 Å². The van der Waals surface area contributed by atoms with Crippen LogP contribution in [-0.2, 0) is 0 Å². The standard InChI is InChI=1S/C17H28FNO/c1-3-4-5-6-7-8-9-12-20-17-13-15(18)10-11-16(17)14(2)19/h10-11,13-14H,3-9,12,19H2,1-2H3. The molecule has 0 aliphatic rings. The number of rotatable bonds is 10. The lowest BCUT2D eigenvalue weighted by Crippen LogP contribution is -2.09. The summed E-state index contributed by atoms with van der Waals surface area (Å²) in [7, 11) is 0. The molecule has 0 heterocycles. The van der Waals surface area contributed by atoms with Gasteiger partial charge in [0, 0.05) is 17.7 Å². The van der Waals surface area contributed by atoms with Gasteiger partial charge in [-0.2, -0.15) is 0 Å². The van der Waals surface area contributed by atoms with E-state index >= 15 is 0 Å². The van der Waals surface area contributed by atoms with Crippen LogP contribution in [0.15, 0.2) is 18.2 Å². The van der Waals surface area contributed by atoms with E-state index in [0.29, 0.717) is 12.4 Å². The Morgan fingerprint density at radius 2 is 1.75 bits per heavy atom. The Kier molecular flexibility index (Phi) is 8.28. The second kappa shape index (κ2) is 9.76. The number of unbranched alkanes of at least 4 members (excludes halogenated alkanes) is 6. The van der Waals surface area contributed by atoms with Crippen molar-refractivity contribution in [1.29, 1.82) is 0 Å². The first-order valence-corrected chi connectivity index (χ1v) is 7.83. The molecule has 2 nitrogen and oxygen atoms in total. The molecule has 1 atom stereocenters. The maximum Gasteiger partial charge on any atom is 0.126 e. The van der Waals surface area contributed by atoms with Crippen molar-refractivity contribution < 1.29 is 9.13 Å². The minimum absolute atomic E-state index is 0.139. The number of hydrogen-bond acceptors (Lipinski definition) is 2. The average Bonchev–Trinajstić information content (AvgIpc) is 2.41. The molecule has 1 aromatic carbocycles. The van der Waals surface area contributed by atoms with Gasteiger partial charge in [-0.25, -0.2) is 4.39 Å². The zero-order chi connectivity index (χ0) is 14.8. The number of nitrogens with two attached hydrogens (primary N) is 1. The fraction of sp³-hybridized carbons (Fsp3) is 0.647. The number of benzene rings is 1. The van der Waals surface area contributed by atoms with Crippen LogP contribution in [0.3, 0.4) is 0 Å². The summed E-state index contributed by atoms with van der Waals surface area (Å²) in [6.07, 6.45) is 8.69. The van der Waals surface area contributed by atoms with Crippen LogP contribution >= 0.6 is 0 Å². The van der Waals surface area contributed by atoms with E-state index in [0.717, 1.165) is 12.0 Å². The van der Waals surface area contributed by atoms with Crippen LogP contribution in [0.4, 0.5) is 4.39 Å². The third-order valence-corrected chi connectivity index (χ3v) is 3.47. The van der Waals surface area contributed by atoms with Crippen molar-refractivity contribution in [2.24, 2.45) is 5.73 Å². The lowest BCUT2D eigenvalue weighted by Gasteiger charge is -2.14. The highest BCUT2D eigenvalue weighted by Gasteiger charge is 2.09. The molecule has 0 saturated heterocycles. The highest BCUT2D eigenvalue weighted by molar-refractivity contribution is 5.36. The fourth-order valence-corrected chi connectivity index (χ4v) is 2.25. The van der Waals surface area contributed by atoms with Crippen LogP contribution in [0.1, 0.15) is 70.4 Å². The monoisotopic (exact) mass is 281 g/mol. The maximum atomic E-state index is 13.2. The molecule has 1 rings (SSSR count). The molecule has 0 fully saturated rings. The van der Waals surface area contributed by atoms with Crippen molar-refractivity contribution >= 4 is 0 Å². The summed E-state index contributed by atoms with van der Waals surface area (Å²) in [4.78, 5) is 0. The Hall–Kier alpha value is -1.09. The highest BCUT2D eigenvalue weighted by atomic mass is 19.1. The minimum atomic E-state index is -0.274. The number of ether oxygens (including phenoxy) is 1. The van der Waals surface area contributed by atoms with Gasteiger partial charge in [-0.15, -0.1) is 0 Å².